The van der Waals surface area contributed by atoms with Gasteiger partial charge in [0.2, 0.25) is 0 Å². The molecule has 0 radical (unpaired) electrons. The van der Waals surface area contributed by atoms with Gasteiger partial charge in [-0.25, -0.2) is 0 Å². The molecule has 1 saturated heterocycles. The van der Waals surface area contributed by atoms with E-state index in [0.717, 1.165) is 36.7 Å². The summed E-state index contributed by atoms with van der Waals surface area (Å²) in [6.07, 6.45) is 2.29. The van der Waals surface area contributed by atoms with Crippen molar-refractivity contribution in [2.75, 3.05) is 13.1 Å². The molecular weight excluding hydrogens is 230 g/mol. The highest BCUT2D eigenvalue weighted by Gasteiger charge is 2.22. The van der Waals surface area contributed by atoms with Crippen LogP contribution in [0.4, 0.5) is 0 Å². The molecule has 0 amide bonds. The molecule has 2 aromatic heterocycles. The van der Waals surface area contributed by atoms with Gasteiger partial charge < -0.3 is 9.84 Å². The lowest BCUT2D eigenvalue weighted by molar-refractivity contribution is 0.391. The number of aryl methyl sites for hydroxylation is 2. The third-order valence-corrected chi connectivity index (χ3v) is 3.32. The van der Waals surface area contributed by atoms with Crippen LogP contribution in [0.15, 0.2) is 10.6 Å². The summed E-state index contributed by atoms with van der Waals surface area (Å²) in [7, 11) is 1.88. The van der Waals surface area contributed by atoms with E-state index in [2.05, 4.69) is 20.6 Å². The van der Waals surface area contributed by atoms with Crippen LogP contribution >= 0.6 is 0 Å². The van der Waals surface area contributed by atoms with E-state index in [-0.39, 0.29) is 0 Å². The Kier molecular flexibility index (Phi) is 2.87. The summed E-state index contributed by atoms with van der Waals surface area (Å²) >= 11 is 0. The minimum Gasteiger partial charge on any atom is -0.332 e. The van der Waals surface area contributed by atoms with Gasteiger partial charge in [0.15, 0.2) is 5.82 Å². The van der Waals surface area contributed by atoms with E-state index in [9.17, 15) is 0 Å². The predicted molar refractivity (Wildman–Crippen MR) is 66.1 cm³/mol. The van der Waals surface area contributed by atoms with Gasteiger partial charge in [-0.05, 0) is 32.4 Å². The highest BCUT2D eigenvalue weighted by atomic mass is 16.5. The third kappa shape index (κ3) is 2.03. The Morgan fingerprint density at radius 1 is 1.50 bits per heavy atom. The summed E-state index contributed by atoms with van der Waals surface area (Å²) < 4.78 is 7.12. The molecule has 0 aromatic carbocycles. The number of hydrogen-bond acceptors (Lipinski definition) is 5. The number of hydrogen-bond donors (Lipinski definition) is 1. The van der Waals surface area contributed by atoms with Gasteiger partial charge in [0.1, 0.15) is 5.69 Å². The van der Waals surface area contributed by atoms with Crippen LogP contribution in [-0.4, -0.2) is 33.0 Å². The molecule has 1 unspecified atom stereocenters. The van der Waals surface area contributed by atoms with Gasteiger partial charge in [0.25, 0.3) is 5.89 Å². The second-order valence-electron chi connectivity index (χ2n) is 4.80. The topological polar surface area (TPSA) is 68.8 Å². The highest BCUT2D eigenvalue weighted by Crippen LogP contribution is 2.24. The summed E-state index contributed by atoms with van der Waals surface area (Å²) in [5.74, 6) is 1.72. The van der Waals surface area contributed by atoms with Crippen LogP contribution in [0.25, 0.3) is 11.6 Å². The summed E-state index contributed by atoms with van der Waals surface area (Å²) in [5.41, 5.74) is 1.82. The molecular formula is C12H17N5O. The molecule has 1 aliphatic rings. The molecule has 1 atom stereocenters. The van der Waals surface area contributed by atoms with Crippen molar-refractivity contribution in [2.45, 2.75) is 25.7 Å². The van der Waals surface area contributed by atoms with E-state index in [1.807, 2.05) is 20.0 Å². The molecule has 3 rings (SSSR count). The van der Waals surface area contributed by atoms with Crippen molar-refractivity contribution >= 4 is 0 Å². The van der Waals surface area contributed by atoms with Gasteiger partial charge >= 0.3 is 0 Å². The monoisotopic (exact) mass is 247 g/mol. The molecule has 18 heavy (non-hydrogen) atoms. The first kappa shape index (κ1) is 11.4. The molecule has 0 spiro atoms. The van der Waals surface area contributed by atoms with Crippen molar-refractivity contribution in [3.63, 3.8) is 0 Å². The highest BCUT2D eigenvalue weighted by molar-refractivity contribution is 5.47. The Morgan fingerprint density at radius 2 is 2.39 bits per heavy atom. The molecule has 0 bridgehead atoms. The predicted octanol–water partition coefficient (Wildman–Crippen LogP) is 1.25. The number of aromatic nitrogens is 4. The van der Waals surface area contributed by atoms with Crippen LogP contribution in [0, 0.1) is 6.92 Å². The van der Waals surface area contributed by atoms with E-state index in [1.54, 1.807) is 4.68 Å². The molecule has 0 aliphatic carbocycles. The van der Waals surface area contributed by atoms with Crippen LogP contribution in [0.3, 0.4) is 0 Å². The average molecular weight is 247 g/mol. The first-order chi connectivity index (χ1) is 8.74. The lowest BCUT2D eigenvalue weighted by Crippen LogP contribution is -2.28. The maximum absolute atomic E-state index is 5.35. The van der Waals surface area contributed by atoms with Crippen LogP contribution in [0.5, 0.6) is 0 Å². The van der Waals surface area contributed by atoms with Gasteiger partial charge in [-0.3, -0.25) is 4.68 Å². The van der Waals surface area contributed by atoms with Crippen molar-refractivity contribution in [1.29, 1.82) is 0 Å². The third-order valence-electron chi connectivity index (χ3n) is 3.32. The van der Waals surface area contributed by atoms with E-state index < -0.39 is 0 Å². The molecule has 1 N–H and O–H groups in total. The fraction of sp³-hybridized carbons (Fsp3) is 0.583. The Bertz CT molecular complexity index is 538. The standard InChI is InChI=1S/C12H17N5O/c1-8-6-10(17(2)15-8)12-14-11(16-18-12)9-4-3-5-13-7-9/h6,9,13H,3-5,7H2,1-2H3. The largest absolute Gasteiger partial charge is 0.332 e. The Labute approximate surface area is 105 Å². The van der Waals surface area contributed by atoms with Crippen molar-refractivity contribution in [1.82, 2.24) is 25.2 Å². The Hall–Kier alpha value is -1.69. The molecule has 0 saturated carbocycles. The quantitative estimate of drug-likeness (QED) is 0.864. The van der Waals surface area contributed by atoms with E-state index in [0.29, 0.717) is 11.8 Å². The van der Waals surface area contributed by atoms with Gasteiger partial charge in [-0.15, -0.1) is 0 Å². The minimum absolute atomic E-state index is 0.366. The zero-order chi connectivity index (χ0) is 12.5. The van der Waals surface area contributed by atoms with Crippen molar-refractivity contribution < 1.29 is 4.52 Å². The van der Waals surface area contributed by atoms with Crippen molar-refractivity contribution in [3.8, 4) is 11.6 Å². The van der Waals surface area contributed by atoms with E-state index in [1.165, 1.54) is 6.42 Å². The summed E-state index contributed by atoms with van der Waals surface area (Å²) in [6.45, 7) is 3.97. The van der Waals surface area contributed by atoms with E-state index >= 15 is 0 Å². The van der Waals surface area contributed by atoms with Crippen molar-refractivity contribution in [3.05, 3.63) is 17.6 Å². The molecule has 6 nitrogen and oxygen atoms in total. The minimum atomic E-state index is 0.366. The van der Waals surface area contributed by atoms with Gasteiger partial charge in [0.05, 0.1) is 5.69 Å². The van der Waals surface area contributed by atoms with Crippen molar-refractivity contribution in [2.24, 2.45) is 7.05 Å². The zero-order valence-corrected chi connectivity index (χ0v) is 10.7. The first-order valence-electron chi connectivity index (χ1n) is 6.29. The Morgan fingerprint density at radius 3 is 3.06 bits per heavy atom. The molecule has 6 heteroatoms. The van der Waals surface area contributed by atoms with Crippen LogP contribution in [-0.2, 0) is 7.05 Å². The Balaban J connectivity index is 1.86. The molecule has 96 valence electrons. The van der Waals surface area contributed by atoms with Crippen LogP contribution < -0.4 is 5.32 Å². The van der Waals surface area contributed by atoms with Gasteiger partial charge in [-0.1, -0.05) is 5.16 Å². The molecule has 3 heterocycles. The maximum Gasteiger partial charge on any atom is 0.276 e. The molecule has 2 aromatic rings. The lowest BCUT2D eigenvalue weighted by atomic mass is 9.99. The summed E-state index contributed by atoms with van der Waals surface area (Å²) in [6, 6.07) is 1.95. The number of rotatable bonds is 2. The first-order valence-corrected chi connectivity index (χ1v) is 6.29. The normalized spacial score (nSPS) is 20.2. The number of piperidine rings is 1. The fourth-order valence-corrected chi connectivity index (χ4v) is 2.39. The molecule has 1 aliphatic heterocycles. The second-order valence-corrected chi connectivity index (χ2v) is 4.80. The SMILES string of the molecule is Cc1cc(-c2nc(C3CCCNC3)no2)n(C)n1. The smallest absolute Gasteiger partial charge is 0.276 e. The average Bonchev–Trinajstić information content (AvgIpc) is 2.97. The summed E-state index contributed by atoms with van der Waals surface area (Å²) in [4.78, 5) is 4.50. The zero-order valence-electron chi connectivity index (χ0n) is 10.7. The lowest BCUT2D eigenvalue weighted by Gasteiger charge is -2.19. The number of nitrogens with one attached hydrogen (secondary N) is 1. The van der Waals surface area contributed by atoms with Gasteiger partial charge in [-0.2, -0.15) is 10.1 Å². The second kappa shape index (κ2) is 4.53. The maximum atomic E-state index is 5.35. The van der Waals surface area contributed by atoms with E-state index in [4.69, 9.17) is 4.52 Å². The van der Waals surface area contributed by atoms with Crippen LogP contribution in [0.1, 0.15) is 30.3 Å². The summed E-state index contributed by atoms with van der Waals surface area (Å²) in [5, 5.41) is 11.7. The fourth-order valence-electron chi connectivity index (χ4n) is 2.39. The molecule has 1 fully saturated rings. The van der Waals surface area contributed by atoms with Gasteiger partial charge in [0, 0.05) is 19.5 Å². The number of nitrogens with zero attached hydrogens (tertiary/aromatic N) is 4. The van der Waals surface area contributed by atoms with Crippen LogP contribution in [0.2, 0.25) is 0 Å².